The number of pyridine rings is 2. The van der Waals surface area contributed by atoms with Crippen molar-refractivity contribution >= 4 is 34.2 Å². The maximum absolute atomic E-state index is 12.1. The van der Waals surface area contributed by atoms with Gasteiger partial charge in [0.05, 0.1) is 10.6 Å². The van der Waals surface area contributed by atoms with Gasteiger partial charge in [-0.25, -0.2) is 0 Å². The fourth-order valence-electron chi connectivity index (χ4n) is 1.62. The molecule has 0 atom stereocenters. The molecule has 0 saturated carbocycles. The second-order valence-corrected chi connectivity index (χ2v) is 5.13. The molecule has 0 spiro atoms. The van der Waals surface area contributed by atoms with E-state index in [0.717, 1.165) is 17.1 Å². The van der Waals surface area contributed by atoms with Gasteiger partial charge >= 0.3 is 0 Å². The minimum Gasteiger partial charge on any atom is -0.297 e. The van der Waals surface area contributed by atoms with Gasteiger partial charge in [0, 0.05) is 41.9 Å². The number of amides is 1. The number of nitrogens with zero attached hydrogens (tertiary/aromatic N) is 4. The van der Waals surface area contributed by atoms with Gasteiger partial charge in [-0.3, -0.25) is 20.1 Å². The summed E-state index contributed by atoms with van der Waals surface area (Å²) in [6, 6.07) is 5.14. The quantitative estimate of drug-likeness (QED) is 0.803. The molecule has 8 heteroatoms. The van der Waals surface area contributed by atoms with Crippen LogP contribution in [0.4, 0.5) is 5.13 Å². The predicted octanol–water partition coefficient (Wildman–Crippen LogP) is 2.90. The van der Waals surface area contributed by atoms with Crippen LogP contribution in [0.3, 0.4) is 0 Å². The number of carbonyl (C=O) groups excluding carboxylic acids is 1. The lowest BCUT2D eigenvalue weighted by Gasteiger charge is -2.02. The smallest absolute Gasteiger partial charge is 0.259 e. The minimum absolute atomic E-state index is 0.286. The number of hydrogen-bond acceptors (Lipinski definition) is 6. The average Bonchev–Trinajstić information content (AvgIpc) is 2.97. The van der Waals surface area contributed by atoms with Crippen molar-refractivity contribution < 1.29 is 4.79 Å². The Morgan fingerprint density at radius 3 is 2.67 bits per heavy atom. The van der Waals surface area contributed by atoms with Crippen LogP contribution in [-0.4, -0.2) is 25.2 Å². The maximum atomic E-state index is 12.1. The number of rotatable bonds is 3. The molecule has 3 aromatic heterocycles. The molecular weight excluding hydrogens is 310 g/mol. The molecule has 1 amide bonds. The molecule has 0 aromatic carbocycles. The van der Waals surface area contributed by atoms with Crippen molar-refractivity contribution in [3.05, 3.63) is 53.6 Å². The van der Waals surface area contributed by atoms with Crippen molar-refractivity contribution in [2.45, 2.75) is 0 Å². The van der Waals surface area contributed by atoms with Gasteiger partial charge < -0.3 is 0 Å². The van der Waals surface area contributed by atoms with E-state index in [4.69, 9.17) is 11.6 Å². The van der Waals surface area contributed by atoms with Crippen molar-refractivity contribution in [3.8, 4) is 11.4 Å². The number of hydrogen-bond donors (Lipinski definition) is 1. The zero-order valence-corrected chi connectivity index (χ0v) is 12.1. The molecule has 104 valence electrons. The molecule has 0 aliphatic rings. The molecule has 0 aliphatic heterocycles. The molecule has 0 saturated heterocycles. The molecular formula is C13H8ClN5OS. The van der Waals surface area contributed by atoms with Gasteiger partial charge in [0.15, 0.2) is 5.82 Å². The molecule has 21 heavy (non-hydrogen) atoms. The molecule has 6 nitrogen and oxygen atoms in total. The zero-order valence-electron chi connectivity index (χ0n) is 10.5. The first kappa shape index (κ1) is 13.6. The van der Waals surface area contributed by atoms with E-state index < -0.39 is 0 Å². The third-order valence-electron chi connectivity index (χ3n) is 2.60. The highest BCUT2D eigenvalue weighted by Crippen LogP contribution is 2.21. The standard InChI is InChI=1S/C13H8ClN5OS/c14-10-7-16-6-3-9(10)12(20)18-13-17-11(19-21-13)8-1-4-15-5-2-8/h1-7H,(H,17,18,19,20). The number of halogens is 1. The lowest BCUT2D eigenvalue weighted by molar-refractivity contribution is 0.102. The predicted molar refractivity (Wildman–Crippen MR) is 80.3 cm³/mol. The summed E-state index contributed by atoms with van der Waals surface area (Å²) in [5, 5.41) is 3.36. The molecule has 0 fully saturated rings. The van der Waals surface area contributed by atoms with Gasteiger partial charge in [-0.15, -0.1) is 0 Å². The second kappa shape index (κ2) is 5.94. The monoisotopic (exact) mass is 317 g/mol. The van der Waals surface area contributed by atoms with Crippen LogP contribution in [-0.2, 0) is 0 Å². The highest BCUT2D eigenvalue weighted by Gasteiger charge is 2.13. The SMILES string of the molecule is O=C(Nc1nc(-c2ccncc2)ns1)c1ccncc1Cl. The summed E-state index contributed by atoms with van der Waals surface area (Å²) < 4.78 is 4.20. The van der Waals surface area contributed by atoms with Gasteiger partial charge in [0.2, 0.25) is 5.13 Å². The fourth-order valence-corrected chi connectivity index (χ4v) is 2.41. The third kappa shape index (κ3) is 3.04. The van der Waals surface area contributed by atoms with Gasteiger partial charge in [-0.05, 0) is 18.2 Å². The summed E-state index contributed by atoms with van der Waals surface area (Å²) in [5.74, 6) is 0.193. The van der Waals surface area contributed by atoms with Crippen LogP contribution < -0.4 is 5.32 Å². The Bertz CT molecular complexity index is 777. The second-order valence-electron chi connectivity index (χ2n) is 3.97. The minimum atomic E-state index is -0.347. The Morgan fingerprint density at radius 1 is 1.14 bits per heavy atom. The van der Waals surface area contributed by atoms with E-state index >= 15 is 0 Å². The largest absolute Gasteiger partial charge is 0.297 e. The Balaban J connectivity index is 1.79. The Labute approximate surface area is 129 Å². The number of anilines is 1. The lowest BCUT2D eigenvalue weighted by atomic mass is 10.2. The summed E-state index contributed by atoms with van der Waals surface area (Å²) in [7, 11) is 0. The molecule has 0 bridgehead atoms. The average molecular weight is 318 g/mol. The van der Waals surface area contributed by atoms with Crippen molar-refractivity contribution in [1.82, 2.24) is 19.3 Å². The Kier molecular flexibility index (Phi) is 3.85. The summed E-state index contributed by atoms with van der Waals surface area (Å²) in [4.78, 5) is 24.1. The van der Waals surface area contributed by atoms with Gasteiger partial charge in [0.1, 0.15) is 0 Å². The van der Waals surface area contributed by atoms with Crippen LogP contribution in [0.5, 0.6) is 0 Å². The molecule has 3 heterocycles. The van der Waals surface area contributed by atoms with Crippen LogP contribution in [0.2, 0.25) is 5.02 Å². The third-order valence-corrected chi connectivity index (χ3v) is 3.53. The summed E-state index contributed by atoms with van der Waals surface area (Å²) in [6.45, 7) is 0. The molecule has 3 aromatic rings. The topological polar surface area (TPSA) is 80.7 Å². The summed E-state index contributed by atoms with van der Waals surface area (Å²) in [5.41, 5.74) is 1.18. The van der Waals surface area contributed by atoms with E-state index in [9.17, 15) is 4.79 Å². The van der Waals surface area contributed by atoms with Crippen molar-refractivity contribution in [2.24, 2.45) is 0 Å². The highest BCUT2D eigenvalue weighted by molar-refractivity contribution is 7.10. The van der Waals surface area contributed by atoms with E-state index in [1.165, 1.54) is 12.4 Å². The van der Waals surface area contributed by atoms with E-state index in [0.29, 0.717) is 16.5 Å². The number of nitrogens with one attached hydrogen (secondary N) is 1. The number of carbonyl (C=O) groups is 1. The van der Waals surface area contributed by atoms with Gasteiger partial charge in [-0.1, -0.05) is 11.6 Å². The van der Waals surface area contributed by atoms with Gasteiger partial charge in [0.25, 0.3) is 5.91 Å². The highest BCUT2D eigenvalue weighted by atomic mass is 35.5. The molecule has 0 unspecified atom stereocenters. The molecule has 0 radical (unpaired) electrons. The summed E-state index contributed by atoms with van der Waals surface area (Å²) >= 11 is 7.02. The van der Waals surface area contributed by atoms with Crippen molar-refractivity contribution in [1.29, 1.82) is 0 Å². The van der Waals surface area contributed by atoms with E-state index in [-0.39, 0.29) is 10.9 Å². The van der Waals surface area contributed by atoms with Gasteiger partial charge in [-0.2, -0.15) is 9.36 Å². The first-order valence-corrected chi connectivity index (χ1v) is 7.04. The Hall–Kier alpha value is -2.38. The number of aromatic nitrogens is 4. The molecule has 3 rings (SSSR count). The molecule has 0 aliphatic carbocycles. The van der Waals surface area contributed by atoms with Crippen LogP contribution in [0.25, 0.3) is 11.4 Å². The normalized spacial score (nSPS) is 10.3. The van der Waals surface area contributed by atoms with Crippen molar-refractivity contribution in [3.63, 3.8) is 0 Å². The zero-order chi connectivity index (χ0) is 14.7. The lowest BCUT2D eigenvalue weighted by Crippen LogP contribution is -2.12. The Morgan fingerprint density at radius 2 is 1.90 bits per heavy atom. The molecule has 1 N–H and O–H groups in total. The van der Waals surface area contributed by atoms with E-state index in [2.05, 4.69) is 24.6 Å². The van der Waals surface area contributed by atoms with Crippen LogP contribution in [0.1, 0.15) is 10.4 Å². The first-order chi connectivity index (χ1) is 10.2. The fraction of sp³-hybridized carbons (Fsp3) is 0. The van der Waals surface area contributed by atoms with Crippen LogP contribution in [0.15, 0.2) is 43.0 Å². The first-order valence-electron chi connectivity index (χ1n) is 5.89. The maximum Gasteiger partial charge on any atom is 0.259 e. The van der Waals surface area contributed by atoms with Crippen LogP contribution in [0, 0.1) is 0 Å². The van der Waals surface area contributed by atoms with Crippen LogP contribution >= 0.6 is 23.1 Å². The van der Waals surface area contributed by atoms with Crippen molar-refractivity contribution in [2.75, 3.05) is 5.32 Å². The summed E-state index contributed by atoms with van der Waals surface area (Å²) in [6.07, 6.45) is 6.24. The van der Waals surface area contributed by atoms with E-state index in [1.54, 1.807) is 30.6 Å². The van der Waals surface area contributed by atoms with E-state index in [1.807, 2.05) is 0 Å².